The Morgan fingerprint density at radius 1 is 1.25 bits per heavy atom. The molecule has 0 N–H and O–H groups in total. The average Bonchev–Trinajstić information content (AvgIpc) is 2.57. The summed E-state index contributed by atoms with van der Waals surface area (Å²) in [5.74, 6) is 0. The van der Waals surface area contributed by atoms with Gasteiger partial charge in [0.05, 0.1) is 5.38 Å². The molecule has 0 fully saturated rings. The summed E-state index contributed by atoms with van der Waals surface area (Å²) in [5, 5.41) is -0.0452. The van der Waals surface area contributed by atoms with Crippen LogP contribution in [0.2, 0.25) is 0 Å². The van der Waals surface area contributed by atoms with E-state index in [0.29, 0.717) is 0 Å². The van der Waals surface area contributed by atoms with Crippen molar-refractivity contribution in [3.63, 3.8) is 0 Å². The van der Waals surface area contributed by atoms with Crippen molar-refractivity contribution in [2.75, 3.05) is 0 Å². The molecular weight excluding hydrogens is 304 g/mol. The molecule has 0 aliphatic rings. The quantitative estimate of drug-likeness (QED) is 0.646. The predicted octanol–water partition coefficient (Wildman–Crippen LogP) is 5.46. The Morgan fingerprint density at radius 3 is 2.56 bits per heavy atom. The number of benzene rings is 1. The van der Waals surface area contributed by atoms with Crippen LogP contribution in [0.4, 0.5) is 0 Å². The Bertz CT molecular complexity index is 504. The number of rotatable bonds is 2. The van der Waals surface area contributed by atoms with E-state index >= 15 is 0 Å². The molecule has 0 aliphatic heterocycles. The summed E-state index contributed by atoms with van der Waals surface area (Å²) in [6.07, 6.45) is 0. The van der Waals surface area contributed by atoms with E-state index in [1.54, 1.807) is 11.3 Å². The molecule has 84 valence electrons. The van der Waals surface area contributed by atoms with Crippen LogP contribution in [-0.2, 0) is 0 Å². The van der Waals surface area contributed by atoms with Gasteiger partial charge in [-0.05, 0) is 43.2 Å². The highest BCUT2D eigenvalue weighted by atomic mass is 79.9. The van der Waals surface area contributed by atoms with Crippen molar-refractivity contribution in [3.05, 3.63) is 55.7 Å². The Kier molecular flexibility index (Phi) is 3.73. The summed E-state index contributed by atoms with van der Waals surface area (Å²) in [4.78, 5) is 2.56. The van der Waals surface area contributed by atoms with Gasteiger partial charge in [0.15, 0.2) is 0 Å². The van der Waals surface area contributed by atoms with Crippen LogP contribution < -0.4 is 0 Å². The Hall–Kier alpha value is -0.310. The van der Waals surface area contributed by atoms with E-state index in [-0.39, 0.29) is 5.38 Å². The van der Waals surface area contributed by atoms with Crippen LogP contribution >= 0.6 is 38.9 Å². The first-order valence-corrected chi connectivity index (χ1v) is 7.09. The molecule has 0 amide bonds. The topological polar surface area (TPSA) is 0 Å². The zero-order valence-electron chi connectivity index (χ0n) is 9.13. The van der Waals surface area contributed by atoms with E-state index in [2.05, 4.69) is 48.0 Å². The minimum Gasteiger partial charge on any atom is -0.143 e. The van der Waals surface area contributed by atoms with Gasteiger partial charge in [0.2, 0.25) is 0 Å². The maximum atomic E-state index is 6.51. The molecule has 2 aromatic rings. The van der Waals surface area contributed by atoms with Crippen molar-refractivity contribution in [2.24, 2.45) is 0 Å². The molecule has 1 atom stereocenters. The lowest BCUT2D eigenvalue weighted by molar-refractivity contribution is 1.15. The largest absolute Gasteiger partial charge is 0.143 e. The van der Waals surface area contributed by atoms with Crippen LogP contribution in [-0.4, -0.2) is 0 Å². The van der Waals surface area contributed by atoms with Crippen LogP contribution in [0.5, 0.6) is 0 Å². The smallest absolute Gasteiger partial charge is 0.0930 e. The molecule has 0 radical (unpaired) electrons. The van der Waals surface area contributed by atoms with Gasteiger partial charge in [0, 0.05) is 14.2 Å². The van der Waals surface area contributed by atoms with Crippen molar-refractivity contribution < 1.29 is 0 Å². The summed E-state index contributed by atoms with van der Waals surface area (Å²) in [5.41, 5.74) is 2.42. The van der Waals surface area contributed by atoms with E-state index in [1.165, 1.54) is 15.3 Å². The van der Waals surface area contributed by atoms with Crippen LogP contribution in [0.25, 0.3) is 0 Å². The molecule has 1 aromatic heterocycles. The number of alkyl halides is 1. The number of hydrogen-bond donors (Lipinski definition) is 0. The summed E-state index contributed by atoms with van der Waals surface area (Å²) in [7, 11) is 0. The molecule has 1 heterocycles. The van der Waals surface area contributed by atoms with E-state index < -0.39 is 0 Å². The molecule has 0 saturated carbocycles. The lowest BCUT2D eigenvalue weighted by Gasteiger charge is -2.09. The van der Waals surface area contributed by atoms with Gasteiger partial charge >= 0.3 is 0 Å². The van der Waals surface area contributed by atoms with Gasteiger partial charge < -0.3 is 0 Å². The highest BCUT2D eigenvalue weighted by molar-refractivity contribution is 9.10. The van der Waals surface area contributed by atoms with Crippen molar-refractivity contribution in [2.45, 2.75) is 19.2 Å². The normalized spacial score (nSPS) is 12.8. The minimum atomic E-state index is -0.0452. The molecule has 1 aromatic carbocycles. The molecule has 0 saturated heterocycles. The van der Waals surface area contributed by atoms with Crippen molar-refractivity contribution in [1.29, 1.82) is 0 Å². The molecule has 0 aliphatic carbocycles. The number of thiophene rings is 1. The molecule has 3 heteroatoms. The highest BCUT2D eigenvalue weighted by Crippen LogP contribution is 2.36. The predicted molar refractivity (Wildman–Crippen MR) is 75.6 cm³/mol. The third-order valence-electron chi connectivity index (χ3n) is 2.45. The summed E-state index contributed by atoms with van der Waals surface area (Å²) in [6, 6.07) is 10.4. The monoisotopic (exact) mass is 314 g/mol. The van der Waals surface area contributed by atoms with Gasteiger partial charge in [0.1, 0.15) is 0 Å². The summed E-state index contributed by atoms with van der Waals surface area (Å²) in [6.45, 7) is 4.23. The lowest BCUT2D eigenvalue weighted by Crippen LogP contribution is -1.91. The Balaban J connectivity index is 2.38. The second kappa shape index (κ2) is 4.91. The first kappa shape index (κ1) is 12.2. The van der Waals surface area contributed by atoms with Crippen LogP contribution in [0, 0.1) is 13.8 Å². The molecule has 0 nitrogen and oxygen atoms in total. The minimum absolute atomic E-state index is 0.0452. The zero-order valence-corrected chi connectivity index (χ0v) is 12.3. The van der Waals surface area contributed by atoms with Crippen LogP contribution in [0.3, 0.4) is 0 Å². The van der Waals surface area contributed by atoms with Crippen molar-refractivity contribution in [1.82, 2.24) is 0 Å². The fourth-order valence-corrected chi connectivity index (χ4v) is 3.63. The van der Waals surface area contributed by atoms with Gasteiger partial charge in [-0.1, -0.05) is 28.1 Å². The van der Waals surface area contributed by atoms with Crippen molar-refractivity contribution >= 4 is 38.9 Å². The van der Waals surface area contributed by atoms with E-state index in [4.69, 9.17) is 11.6 Å². The molecule has 1 unspecified atom stereocenters. The van der Waals surface area contributed by atoms with E-state index in [0.717, 1.165) is 10.0 Å². The van der Waals surface area contributed by atoms with E-state index in [9.17, 15) is 0 Å². The van der Waals surface area contributed by atoms with Gasteiger partial charge in [-0.15, -0.1) is 22.9 Å². The van der Waals surface area contributed by atoms with Crippen LogP contribution in [0.1, 0.15) is 26.3 Å². The fourth-order valence-electron chi connectivity index (χ4n) is 1.73. The maximum Gasteiger partial charge on any atom is 0.0930 e. The third-order valence-corrected chi connectivity index (χ3v) is 4.76. The molecule has 16 heavy (non-hydrogen) atoms. The van der Waals surface area contributed by atoms with Crippen molar-refractivity contribution in [3.8, 4) is 0 Å². The van der Waals surface area contributed by atoms with E-state index in [1.807, 2.05) is 12.1 Å². The Morgan fingerprint density at radius 2 is 2.00 bits per heavy atom. The second-order valence-corrected chi connectivity index (χ2v) is 6.46. The summed E-state index contributed by atoms with van der Waals surface area (Å²) < 4.78 is 1.07. The van der Waals surface area contributed by atoms with Gasteiger partial charge in [0.25, 0.3) is 0 Å². The second-order valence-electron chi connectivity index (χ2n) is 3.82. The molecule has 0 bridgehead atoms. The Labute approximate surface area is 113 Å². The highest BCUT2D eigenvalue weighted by Gasteiger charge is 2.15. The number of halogens is 2. The number of aryl methyl sites for hydroxylation is 2. The van der Waals surface area contributed by atoms with Gasteiger partial charge in [-0.2, -0.15) is 0 Å². The first-order chi connectivity index (χ1) is 7.58. The van der Waals surface area contributed by atoms with Gasteiger partial charge in [-0.3, -0.25) is 0 Å². The SMILES string of the molecule is Cc1cc(C)c(C(Cl)c2cccc(Br)c2)s1. The zero-order chi connectivity index (χ0) is 11.7. The molecule has 0 spiro atoms. The third kappa shape index (κ3) is 2.50. The maximum absolute atomic E-state index is 6.51. The lowest BCUT2D eigenvalue weighted by atomic mass is 10.1. The average molecular weight is 316 g/mol. The fraction of sp³-hybridized carbons (Fsp3) is 0.231. The first-order valence-electron chi connectivity index (χ1n) is 5.04. The summed E-state index contributed by atoms with van der Waals surface area (Å²) >= 11 is 11.8. The van der Waals surface area contributed by atoms with Gasteiger partial charge in [-0.25, -0.2) is 0 Å². The molecule has 2 rings (SSSR count). The van der Waals surface area contributed by atoms with Crippen LogP contribution in [0.15, 0.2) is 34.8 Å². The number of hydrogen-bond acceptors (Lipinski definition) is 1. The molecular formula is C13H12BrClS. The standard InChI is InChI=1S/C13H12BrClS/c1-8-6-9(2)16-13(8)12(15)10-4-3-5-11(14)7-10/h3-7,12H,1-2H3.